The molecule has 6 nitrogen and oxygen atoms in total. The van der Waals surface area contributed by atoms with Gasteiger partial charge in [0.2, 0.25) is 0 Å². The molecule has 1 atom stereocenters. The van der Waals surface area contributed by atoms with E-state index in [4.69, 9.17) is 9.47 Å². The van der Waals surface area contributed by atoms with E-state index < -0.39 is 0 Å². The number of hydrogen-bond donors (Lipinski definition) is 1. The van der Waals surface area contributed by atoms with Gasteiger partial charge in [-0.15, -0.1) is 12.4 Å². The summed E-state index contributed by atoms with van der Waals surface area (Å²) in [5.74, 6) is 1.83. The molecule has 2 aliphatic heterocycles. The molecular weight excluding hydrogens is 366 g/mol. The molecule has 0 aliphatic carbocycles. The Balaban J connectivity index is 0.00000261. The molecule has 0 saturated carbocycles. The number of methoxy groups -OCH3 is 1. The normalized spacial score (nSPS) is 20.4. The first kappa shape index (κ1) is 21.8. The van der Waals surface area contributed by atoms with Crippen LogP contribution in [0, 0.1) is 5.92 Å². The molecule has 1 amide bonds. The van der Waals surface area contributed by atoms with E-state index in [1.165, 1.54) is 0 Å². The second kappa shape index (κ2) is 10.2. The van der Waals surface area contributed by atoms with Gasteiger partial charge in [-0.25, -0.2) is 0 Å². The maximum absolute atomic E-state index is 12.9. The Bertz CT molecular complexity index is 620. The maximum Gasteiger partial charge on any atom is 0.254 e. The van der Waals surface area contributed by atoms with E-state index >= 15 is 0 Å². The van der Waals surface area contributed by atoms with Gasteiger partial charge in [0.05, 0.1) is 13.7 Å². The first-order valence-corrected chi connectivity index (χ1v) is 9.63. The van der Waals surface area contributed by atoms with Gasteiger partial charge in [0.1, 0.15) is 0 Å². The van der Waals surface area contributed by atoms with Crippen molar-refractivity contribution in [3.63, 3.8) is 0 Å². The lowest BCUT2D eigenvalue weighted by Gasteiger charge is -2.32. The van der Waals surface area contributed by atoms with Crippen molar-refractivity contribution in [2.24, 2.45) is 5.92 Å². The van der Waals surface area contributed by atoms with Crippen molar-refractivity contribution in [1.82, 2.24) is 15.1 Å². The van der Waals surface area contributed by atoms with E-state index in [9.17, 15) is 4.79 Å². The highest BCUT2D eigenvalue weighted by Gasteiger charge is 2.31. The molecule has 0 spiro atoms. The summed E-state index contributed by atoms with van der Waals surface area (Å²) in [5.41, 5.74) is 0.666. The van der Waals surface area contributed by atoms with Crippen molar-refractivity contribution in [3.05, 3.63) is 23.8 Å². The van der Waals surface area contributed by atoms with Crippen LogP contribution in [0.4, 0.5) is 0 Å². The van der Waals surface area contributed by atoms with Gasteiger partial charge in [0.15, 0.2) is 11.5 Å². The van der Waals surface area contributed by atoms with Gasteiger partial charge in [-0.2, -0.15) is 0 Å². The summed E-state index contributed by atoms with van der Waals surface area (Å²) >= 11 is 0. The number of carbonyl (C=O) groups excluding carboxylic acids is 1. The van der Waals surface area contributed by atoms with Crippen LogP contribution in [-0.2, 0) is 0 Å². The van der Waals surface area contributed by atoms with Gasteiger partial charge in [-0.1, -0.05) is 13.8 Å². The van der Waals surface area contributed by atoms with Crippen molar-refractivity contribution < 1.29 is 14.3 Å². The smallest absolute Gasteiger partial charge is 0.254 e. The van der Waals surface area contributed by atoms with Gasteiger partial charge in [0, 0.05) is 50.9 Å². The monoisotopic (exact) mass is 397 g/mol. The number of nitrogens with zero attached hydrogens (tertiary/aromatic N) is 2. The second-order valence-corrected chi connectivity index (χ2v) is 7.55. The fourth-order valence-corrected chi connectivity index (χ4v) is 3.63. The zero-order valence-corrected chi connectivity index (χ0v) is 17.4. The molecule has 0 aromatic heterocycles. The average Bonchev–Trinajstić information content (AvgIpc) is 3.16. The number of likely N-dealkylation sites (tertiary alicyclic amines) is 1. The summed E-state index contributed by atoms with van der Waals surface area (Å²) < 4.78 is 11.2. The number of benzene rings is 1. The summed E-state index contributed by atoms with van der Waals surface area (Å²) in [7, 11) is 1.61. The molecule has 3 rings (SSSR count). The van der Waals surface area contributed by atoms with Crippen LogP contribution in [0.3, 0.4) is 0 Å². The maximum atomic E-state index is 12.9. The SMILES string of the molecule is COc1cc(C(=O)N2CCC(N3CCNCC3)C2)ccc1OCC(C)C.Cl. The highest BCUT2D eigenvalue weighted by molar-refractivity contribution is 5.95. The first-order chi connectivity index (χ1) is 12.6. The lowest BCUT2D eigenvalue weighted by Crippen LogP contribution is -2.49. The minimum absolute atomic E-state index is 0. The van der Waals surface area contributed by atoms with Crippen LogP contribution in [0.1, 0.15) is 30.6 Å². The van der Waals surface area contributed by atoms with Gasteiger partial charge < -0.3 is 19.7 Å². The van der Waals surface area contributed by atoms with Crippen molar-refractivity contribution in [3.8, 4) is 11.5 Å². The number of rotatable bonds is 6. The Morgan fingerprint density at radius 2 is 1.96 bits per heavy atom. The Kier molecular flexibility index (Phi) is 8.20. The lowest BCUT2D eigenvalue weighted by atomic mass is 10.1. The second-order valence-electron chi connectivity index (χ2n) is 7.55. The summed E-state index contributed by atoms with van der Waals surface area (Å²) in [6, 6.07) is 5.98. The molecule has 0 bridgehead atoms. The van der Waals surface area contributed by atoms with Crippen molar-refractivity contribution in [2.45, 2.75) is 26.3 Å². The van der Waals surface area contributed by atoms with E-state index in [-0.39, 0.29) is 18.3 Å². The first-order valence-electron chi connectivity index (χ1n) is 9.63. The quantitative estimate of drug-likeness (QED) is 0.798. The number of nitrogens with one attached hydrogen (secondary N) is 1. The van der Waals surface area contributed by atoms with Crippen LogP contribution in [0.5, 0.6) is 11.5 Å². The topological polar surface area (TPSA) is 54.0 Å². The number of hydrogen-bond acceptors (Lipinski definition) is 5. The number of piperazine rings is 1. The Morgan fingerprint density at radius 1 is 1.22 bits per heavy atom. The van der Waals surface area contributed by atoms with E-state index in [1.54, 1.807) is 13.2 Å². The van der Waals surface area contributed by atoms with Crippen molar-refractivity contribution >= 4 is 18.3 Å². The van der Waals surface area contributed by atoms with Crippen molar-refractivity contribution in [1.29, 1.82) is 0 Å². The fraction of sp³-hybridized carbons (Fsp3) is 0.650. The van der Waals surface area contributed by atoms with Gasteiger partial charge in [-0.3, -0.25) is 9.69 Å². The van der Waals surface area contributed by atoms with Crippen molar-refractivity contribution in [2.75, 3.05) is 53.0 Å². The Morgan fingerprint density at radius 3 is 2.63 bits per heavy atom. The molecule has 2 fully saturated rings. The number of amides is 1. The molecule has 2 aliphatic rings. The molecule has 2 saturated heterocycles. The van der Waals surface area contributed by atoms with E-state index in [1.807, 2.05) is 17.0 Å². The molecule has 1 N–H and O–H groups in total. The minimum atomic E-state index is 0. The fourth-order valence-electron chi connectivity index (χ4n) is 3.63. The minimum Gasteiger partial charge on any atom is -0.493 e. The lowest BCUT2D eigenvalue weighted by molar-refractivity contribution is 0.0773. The number of ether oxygens (including phenoxy) is 2. The predicted octanol–water partition coefficient (Wildman–Crippen LogP) is 2.27. The summed E-state index contributed by atoms with van der Waals surface area (Å²) in [6.07, 6.45) is 1.05. The summed E-state index contributed by atoms with van der Waals surface area (Å²) in [4.78, 5) is 17.4. The molecular formula is C20H32ClN3O3. The zero-order valence-electron chi connectivity index (χ0n) is 16.6. The third-order valence-electron chi connectivity index (χ3n) is 5.10. The summed E-state index contributed by atoms with van der Waals surface area (Å²) in [5, 5.41) is 3.39. The van der Waals surface area contributed by atoms with Gasteiger partial charge in [0.25, 0.3) is 5.91 Å². The molecule has 1 unspecified atom stereocenters. The van der Waals surface area contributed by atoms with Crippen LogP contribution in [0.25, 0.3) is 0 Å². The van der Waals surface area contributed by atoms with E-state index in [0.717, 1.165) is 45.7 Å². The molecule has 7 heteroatoms. The van der Waals surface area contributed by atoms with E-state index in [2.05, 4.69) is 24.1 Å². The number of carbonyl (C=O) groups is 1. The predicted molar refractivity (Wildman–Crippen MR) is 109 cm³/mol. The molecule has 1 aromatic rings. The molecule has 27 heavy (non-hydrogen) atoms. The van der Waals surface area contributed by atoms with E-state index in [0.29, 0.717) is 35.6 Å². The van der Waals surface area contributed by atoms with Crippen LogP contribution >= 0.6 is 12.4 Å². The molecule has 2 heterocycles. The standard InChI is InChI=1S/C20H31N3O3.ClH/c1-15(2)14-26-18-5-4-16(12-19(18)25-3)20(24)23-9-6-17(13-23)22-10-7-21-8-11-22;/h4-5,12,15,17,21H,6-11,13-14H2,1-3H3;1H. The van der Waals surface area contributed by atoms with Gasteiger partial charge >= 0.3 is 0 Å². The van der Waals surface area contributed by atoms with Gasteiger partial charge in [-0.05, 0) is 30.5 Å². The average molecular weight is 398 g/mol. The largest absolute Gasteiger partial charge is 0.493 e. The third kappa shape index (κ3) is 5.50. The molecule has 152 valence electrons. The Labute approximate surface area is 168 Å². The zero-order chi connectivity index (χ0) is 18.5. The molecule has 0 radical (unpaired) electrons. The highest BCUT2D eigenvalue weighted by Crippen LogP contribution is 2.29. The highest BCUT2D eigenvalue weighted by atomic mass is 35.5. The summed E-state index contributed by atoms with van der Waals surface area (Å²) in [6.45, 7) is 10.7. The Hall–Kier alpha value is -1.50. The molecule has 1 aromatic carbocycles. The number of halogens is 1. The van der Waals surface area contributed by atoms with Crippen LogP contribution in [-0.4, -0.2) is 74.7 Å². The van der Waals surface area contributed by atoms with Crippen LogP contribution in [0.2, 0.25) is 0 Å². The van der Waals surface area contributed by atoms with Crippen LogP contribution in [0.15, 0.2) is 18.2 Å². The van der Waals surface area contributed by atoms with Crippen LogP contribution < -0.4 is 14.8 Å². The third-order valence-corrected chi connectivity index (χ3v) is 5.10.